The second-order valence-corrected chi connectivity index (χ2v) is 7.27. The molecular formula is C14H15ClN6O2S. The second-order valence-electron chi connectivity index (χ2n) is 5.07. The van der Waals surface area contributed by atoms with Crippen LogP contribution in [0.3, 0.4) is 0 Å². The number of benzene rings is 1. The van der Waals surface area contributed by atoms with Gasteiger partial charge in [-0.05, 0) is 24.6 Å². The van der Waals surface area contributed by atoms with Crippen LogP contribution >= 0.6 is 11.6 Å². The number of hydrogen-bond acceptors (Lipinski definition) is 6. The molecule has 3 aromatic rings. The molecule has 0 aliphatic rings. The van der Waals surface area contributed by atoms with Crippen LogP contribution in [0.1, 0.15) is 13.3 Å². The van der Waals surface area contributed by atoms with Crippen LogP contribution in [0.25, 0.3) is 11.2 Å². The molecule has 8 nitrogen and oxygen atoms in total. The van der Waals surface area contributed by atoms with Gasteiger partial charge in [-0.25, -0.2) is 13.4 Å². The van der Waals surface area contributed by atoms with Gasteiger partial charge in [0, 0.05) is 5.69 Å². The van der Waals surface area contributed by atoms with Gasteiger partial charge in [0.25, 0.3) is 0 Å². The summed E-state index contributed by atoms with van der Waals surface area (Å²) in [6.45, 7) is 1.81. The van der Waals surface area contributed by atoms with E-state index in [9.17, 15) is 8.42 Å². The summed E-state index contributed by atoms with van der Waals surface area (Å²) in [7, 11) is -3.35. The third kappa shape index (κ3) is 3.74. The summed E-state index contributed by atoms with van der Waals surface area (Å²) in [5.74, 6) is 0.340. The van der Waals surface area contributed by atoms with Gasteiger partial charge >= 0.3 is 0 Å². The molecule has 0 saturated carbocycles. The minimum absolute atomic E-state index is 0.0687. The minimum Gasteiger partial charge on any atom is -0.341 e. The van der Waals surface area contributed by atoms with E-state index in [2.05, 4.69) is 30.0 Å². The molecule has 3 rings (SSSR count). The maximum absolute atomic E-state index is 11.8. The lowest BCUT2D eigenvalue weighted by molar-refractivity contribution is 0.600. The second kappa shape index (κ2) is 6.62. The van der Waals surface area contributed by atoms with Crippen molar-refractivity contribution < 1.29 is 8.42 Å². The molecule has 0 unspecified atom stereocenters. The summed E-state index contributed by atoms with van der Waals surface area (Å²) >= 11 is 6.07. The third-order valence-electron chi connectivity index (χ3n) is 3.11. The van der Waals surface area contributed by atoms with Crippen LogP contribution in [-0.4, -0.2) is 34.1 Å². The molecule has 10 heteroatoms. The summed E-state index contributed by atoms with van der Waals surface area (Å²) in [4.78, 5) is 15.3. The Bertz CT molecular complexity index is 972. The molecule has 0 bridgehead atoms. The van der Waals surface area contributed by atoms with E-state index in [-0.39, 0.29) is 16.9 Å². The van der Waals surface area contributed by atoms with E-state index >= 15 is 0 Å². The van der Waals surface area contributed by atoms with Crippen molar-refractivity contribution in [1.82, 2.24) is 19.9 Å². The zero-order valence-electron chi connectivity index (χ0n) is 12.7. The molecule has 1 aromatic carbocycles. The monoisotopic (exact) mass is 366 g/mol. The average Bonchev–Trinajstić information content (AvgIpc) is 2.96. The van der Waals surface area contributed by atoms with Crippen LogP contribution in [0.15, 0.2) is 30.6 Å². The van der Waals surface area contributed by atoms with E-state index in [0.29, 0.717) is 29.0 Å². The highest BCUT2D eigenvalue weighted by atomic mass is 35.5. The molecule has 2 heterocycles. The molecule has 0 radical (unpaired) electrons. The molecule has 0 amide bonds. The summed E-state index contributed by atoms with van der Waals surface area (Å²) in [5, 5.41) is 3.24. The topological polar surface area (TPSA) is 113 Å². The molecule has 0 saturated heterocycles. The zero-order chi connectivity index (χ0) is 17.2. The number of imidazole rings is 1. The lowest BCUT2D eigenvalue weighted by Crippen LogP contribution is -2.16. The summed E-state index contributed by atoms with van der Waals surface area (Å²) < 4.78 is 26.2. The van der Waals surface area contributed by atoms with Crippen LogP contribution in [0.4, 0.5) is 17.3 Å². The number of H-pyrrole nitrogens is 1. The largest absolute Gasteiger partial charge is 0.341 e. The maximum Gasteiger partial charge on any atom is 0.232 e. The van der Waals surface area contributed by atoms with Gasteiger partial charge in [-0.3, -0.25) is 4.72 Å². The number of nitrogens with zero attached hydrogens (tertiary/aromatic N) is 3. The number of halogens is 1. The molecule has 0 aliphatic heterocycles. The van der Waals surface area contributed by atoms with Crippen molar-refractivity contribution in [1.29, 1.82) is 0 Å². The Kier molecular flexibility index (Phi) is 4.54. The summed E-state index contributed by atoms with van der Waals surface area (Å²) in [6.07, 6.45) is 2.03. The average molecular weight is 367 g/mol. The van der Waals surface area contributed by atoms with Crippen molar-refractivity contribution >= 4 is 50.1 Å². The van der Waals surface area contributed by atoms with E-state index in [0.717, 1.165) is 0 Å². The normalized spacial score (nSPS) is 11.6. The number of aromatic amines is 1. The lowest BCUT2D eigenvalue weighted by atomic mass is 10.3. The van der Waals surface area contributed by atoms with Crippen molar-refractivity contribution in [3.05, 3.63) is 35.7 Å². The predicted octanol–water partition coefficient (Wildman–Crippen LogP) is 2.90. The van der Waals surface area contributed by atoms with Crippen LogP contribution in [0.5, 0.6) is 0 Å². The first-order valence-corrected chi connectivity index (χ1v) is 9.24. The van der Waals surface area contributed by atoms with Gasteiger partial charge in [0.15, 0.2) is 10.8 Å². The molecule has 0 fully saturated rings. The van der Waals surface area contributed by atoms with Crippen LogP contribution in [0.2, 0.25) is 5.15 Å². The van der Waals surface area contributed by atoms with Crippen molar-refractivity contribution in [3.8, 4) is 0 Å². The van der Waals surface area contributed by atoms with E-state index in [1.54, 1.807) is 24.3 Å². The highest BCUT2D eigenvalue weighted by Gasteiger charge is 2.11. The minimum atomic E-state index is -3.35. The van der Waals surface area contributed by atoms with Gasteiger partial charge in [0.1, 0.15) is 5.52 Å². The first kappa shape index (κ1) is 16.5. The van der Waals surface area contributed by atoms with E-state index in [1.807, 2.05) is 6.92 Å². The van der Waals surface area contributed by atoms with Crippen LogP contribution < -0.4 is 10.0 Å². The van der Waals surface area contributed by atoms with E-state index in [4.69, 9.17) is 11.6 Å². The van der Waals surface area contributed by atoms with Gasteiger partial charge in [0.05, 0.1) is 17.8 Å². The number of hydrogen-bond donors (Lipinski definition) is 3. The maximum atomic E-state index is 11.8. The Balaban J connectivity index is 1.83. The fraction of sp³-hybridized carbons (Fsp3) is 0.214. The number of rotatable bonds is 6. The van der Waals surface area contributed by atoms with Crippen molar-refractivity contribution in [2.75, 3.05) is 15.8 Å². The molecule has 3 N–H and O–H groups in total. The van der Waals surface area contributed by atoms with Gasteiger partial charge in [-0.2, -0.15) is 9.97 Å². The first-order chi connectivity index (χ1) is 11.5. The zero-order valence-corrected chi connectivity index (χ0v) is 14.3. The van der Waals surface area contributed by atoms with Crippen molar-refractivity contribution in [3.63, 3.8) is 0 Å². The first-order valence-electron chi connectivity index (χ1n) is 7.21. The highest BCUT2D eigenvalue weighted by Crippen LogP contribution is 2.22. The standard InChI is InChI=1S/C14H15ClN6O2S/c1-2-6-24(22,23)21-10-5-3-4-9(7-10)18-14-19-12(15)11-13(20-14)17-8-16-11/h3-5,7-8,21H,2,6H2,1H3,(H2,16,17,18,19,20). The molecule has 0 aliphatic carbocycles. The summed E-state index contributed by atoms with van der Waals surface area (Å²) in [5.41, 5.74) is 2.08. The fourth-order valence-corrected chi connectivity index (χ4v) is 3.49. The lowest BCUT2D eigenvalue weighted by Gasteiger charge is -2.10. The van der Waals surface area contributed by atoms with Crippen molar-refractivity contribution in [2.24, 2.45) is 0 Å². The molecule has 0 spiro atoms. The number of aromatic nitrogens is 4. The Hall–Kier alpha value is -2.39. The number of anilines is 3. The fourth-order valence-electron chi connectivity index (χ4n) is 2.14. The highest BCUT2D eigenvalue weighted by molar-refractivity contribution is 7.92. The Morgan fingerprint density at radius 1 is 1.25 bits per heavy atom. The Labute approximate surface area is 143 Å². The van der Waals surface area contributed by atoms with Crippen LogP contribution in [-0.2, 0) is 10.0 Å². The van der Waals surface area contributed by atoms with E-state index < -0.39 is 10.0 Å². The molecule has 24 heavy (non-hydrogen) atoms. The molecule has 0 atom stereocenters. The van der Waals surface area contributed by atoms with Gasteiger partial charge < -0.3 is 10.3 Å². The van der Waals surface area contributed by atoms with Gasteiger partial charge in [-0.1, -0.05) is 24.6 Å². The van der Waals surface area contributed by atoms with Crippen molar-refractivity contribution in [2.45, 2.75) is 13.3 Å². The van der Waals surface area contributed by atoms with Gasteiger partial charge in [0.2, 0.25) is 16.0 Å². The SMILES string of the molecule is CCCS(=O)(=O)Nc1cccc(Nc2nc(Cl)c3[nH]cnc3n2)c1. The Morgan fingerprint density at radius 2 is 2.04 bits per heavy atom. The molecule has 2 aromatic heterocycles. The van der Waals surface area contributed by atoms with Gasteiger partial charge in [-0.15, -0.1) is 0 Å². The molecular weight excluding hydrogens is 352 g/mol. The number of fused-ring (bicyclic) bond motifs is 1. The predicted molar refractivity (Wildman–Crippen MR) is 94.1 cm³/mol. The number of nitrogens with one attached hydrogen (secondary N) is 3. The smallest absolute Gasteiger partial charge is 0.232 e. The summed E-state index contributed by atoms with van der Waals surface area (Å²) in [6, 6.07) is 6.81. The Morgan fingerprint density at radius 3 is 2.83 bits per heavy atom. The molecule has 126 valence electrons. The van der Waals surface area contributed by atoms with Crippen LogP contribution in [0, 0.1) is 0 Å². The quantitative estimate of drug-likeness (QED) is 0.578. The number of sulfonamides is 1. The third-order valence-corrected chi connectivity index (χ3v) is 4.87. The van der Waals surface area contributed by atoms with E-state index in [1.165, 1.54) is 6.33 Å².